The molecule has 3 rings (SSSR count). The summed E-state index contributed by atoms with van der Waals surface area (Å²) in [5, 5.41) is 5.56. The monoisotopic (exact) mass is 403 g/mol. The molecule has 0 aliphatic rings. The number of benzene rings is 2. The predicted octanol–water partition coefficient (Wildman–Crippen LogP) is 3.69. The van der Waals surface area contributed by atoms with Gasteiger partial charge in [0.05, 0.1) is 6.26 Å². The molecule has 0 fully saturated rings. The maximum Gasteiger partial charge on any atom is 0.267 e. The zero-order chi connectivity index (χ0) is 21.2. The first-order valence-corrected chi connectivity index (χ1v) is 9.79. The Morgan fingerprint density at radius 1 is 0.967 bits per heavy atom. The van der Waals surface area contributed by atoms with Crippen molar-refractivity contribution in [1.82, 2.24) is 10.6 Å². The molecule has 0 aliphatic carbocycles. The smallest absolute Gasteiger partial charge is 0.267 e. The number of para-hydroxylation sites is 1. The third-order valence-electron chi connectivity index (χ3n) is 4.51. The van der Waals surface area contributed by atoms with Crippen LogP contribution in [0.5, 0.6) is 0 Å². The van der Waals surface area contributed by atoms with Gasteiger partial charge in [0.1, 0.15) is 11.5 Å². The molecule has 0 saturated carbocycles. The lowest BCUT2D eigenvalue weighted by Gasteiger charge is -2.19. The Morgan fingerprint density at radius 2 is 1.67 bits per heavy atom. The Balaban J connectivity index is 1.58. The van der Waals surface area contributed by atoms with E-state index in [0.717, 1.165) is 18.7 Å². The van der Waals surface area contributed by atoms with Crippen molar-refractivity contribution in [3.63, 3.8) is 0 Å². The summed E-state index contributed by atoms with van der Waals surface area (Å²) in [5.41, 5.74) is 1.73. The summed E-state index contributed by atoms with van der Waals surface area (Å²) >= 11 is 0. The maximum atomic E-state index is 12.7. The van der Waals surface area contributed by atoms with E-state index in [0.29, 0.717) is 17.9 Å². The number of hydrogen-bond acceptors (Lipinski definition) is 4. The van der Waals surface area contributed by atoms with Crippen LogP contribution in [0.15, 0.2) is 89.2 Å². The summed E-state index contributed by atoms with van der Waals surface area (Å²) in [6.45, 7) is 1.27. The highest BCUT2D eigenvalue weighted by molar-refractivity contribution is 6.05. The van der Waals surface area contributed by atoms with Gasteiger partial charge in [-0.2, -0.15) is 0 Å². The van der Waals surface area contributed by atoms with Crippen molar-refractivity contribution < 1.29 is 14.0 Å². The highest BCUT2D eigenvalue weighted by atomic mass is 16.3. The number of rotatable bonds is 9. The van der Waals surface area contributed by atoms with Crippen LogP contribution in [0.4, 0.5) is 5.69 Å². The van der Waals surface area contributed by atoms with E-state index in [-0.39, 0.29) is 17.5 Å². The minimum atomic E-state index is -0.363. The van der Waals surface area contributed by atoms with Crippen molar-refractivity contribution in [1.29, 1.82) is 0 Å². The average molecular weight is 403 g/mol. The third kappa shape index (κ3) is 6.10. The van der Waals surface area contributed by atoms with Crippen LogP contribution in [0.1, 0.15) is 22.5 Å². The molecule has 0 bridgehead atoms. The number of carbonyl (C=O) groups is 2. The van der Waals surface area contributed by atoms with Gasteiger partial charge < -0.3 is 20.0 Å². The quantitative estimate of drug-likeness (QED) is 0.422. The number of hydrogen-bond donors (Lipinski definition) is 2. The summed E-state index contributed by atoms with van der Waals surface area (Å²) in [4.78, 5) is 27.3. The van der Waals surface area contributed by atoms with Crippen LogP contribution in [-0.4, -0.2) is 32.0 Å². The van der Waals surface area contributed by atoms with E-state index >= 15 is 0 Å². The van der Waals surface area contributed by atoms with Crippen molar-refractivity contribution in [3.05, 3.63) is 96.1 Å². The van der Waals surface area contributed by atoms with Gasteiger partial charge in [-0.05, 0) is 42.8 Å². The zero-order valence-corrected chi connectivity index (χ0v) is 16.9. The lowest BCUT2D eigenvalue weighted by molar-refractivity contribution is -0.117. The minimum absolute atomic E-state index is 0.134. The number of nitrogens with zero attached hydrogens (tertiary/aromatic N) is 1. The van der Waals surface area contributed by atoms with E-state index in [1.165, 1.54) is 12.3 Å². The summed E-state index contributed by atoms with van der Waals surface area (Å²) in [5.74, 6) is -0.234. The molecule has 3 aromatic rings. The molecule has 6 nitrogen and oxygen atoms in total. The Hall–Kier alpha value is -3.80. The average Bonchev–Trinajstić information content (AvgIpc) is 3.30. The zero-order valence-electron chi connectivity index (χ0n) is 16.9. The number of carbonyl (C=O) groups excluding carboxylic acids is 2. The predicted molar refractivity (Wildman–Crippen MR) is 118 cm³/mol. The molecule has 0 aliphatic heterocycles. The van der Waals surface area contributed by atoms with E-state index < -0.39 is 0 Å². The summed E-state index contributed by atoms with van der Waals surface area (Å²) in [6.07, 6.45) is 3.80. The van der Waals surface area contributed by atoms with Gasteiger partial charge in [0.15, 0.2) is 0 Å². The molecule has 2 aromatic carbocycles. The summed E-state index contributed by atoms with van der Waals surface area (Å²) < 4.78 is 5.29. The molecular weight excluding hydrogens is 378 g/mol. The van der Waals surface area contributed by atoms with E-state index in [1.54, 1.807) is 36.4 Å². The standard InChI is InChI=1S/C24H25N3O3/c1-27(20-12-6-3-7-13-20)16-9-15-25-24(29)22(18-21-14-8-17-30-21)26-23(28)19-10-4-2-5-11-19/h2-8,10-14,17-18H,9,15-16H2,1H3,(H,25,29)(H,26,28)/b22-18-. The van der Waals surface area contributed by atoms with E-state index in [2.05, 4.69) is 15.5 Å². The normalized spacial score (nSPS) is 11.0. The summed E-state index contributed by atoms with van der Waals surface area (Å²) in [6, 6.07) is 22.3. The molecule has 154 valence electrons. The van der Waals surface area contributed by atoms with Crippen LogP contribution in [0.3, 0.4) is 0 Å². The minimum Gasteiger partial charge on any atom is -0.465 e. The number of amides is 2. The van der Waals surface area contributed by atoms with Crippen LogP contribution < -0.4 is 15.5 Å². The second-order valence-electron chi connectivity index (χ2n) is 6.76. The van der Waals surface area contributed by atoms with Gasteiger partial charge in [0.25, 0.3) is 11.8 Å². The van der Waals surface area contributed by atoms with Crippen LogP contribution in [-0.2, 0) is 4.79 Å². The fraction of sp³-hybridized carbons (Fsp3) is 0.167. The molecule has 30 heavy (non-hydrogen) atoms. The first-order valence-electron chi connectivity index (χ1n) is 9.79. The Kier molecular flexibility index (Phi) is 7.44. The van der Waals surface area contributed by atoms with Crippen LogP contribution in [0.25, 0.3) is 6.08 Å². The number of anilines is 1. The molecule has 2 amide bonds. The molecule has 6 heteroatoms. The van der Waals surface area contributed by atoms with Gasteiger partial charge in [-0.3, -0.25) is 9.59 Å². The molecule has 0 radical (unpaired) electrons. The van der Waals surface area contributed by atoms with Gasteiger partial charge in [0.2, 0.25) is 0 Å². The Labute approximate surface area is 176 Å². The second-order valence-corrected chi connectivity index (χ2v) is 6.76. The van der Waals surface area contributed by atoms with Crippen molar-refractivity contribution in [2.45, 2.75) is 6.42 Å². The van der Waals surface area contributed by atoms with E-state index in [9.17, 15) is 9.59 Å². The van der Waals surface area contributed by atoms with Gasteiger partial charge in [0, 0.05) is 37.5 Å². The molecule has 0 saturated heterocycles. The van der Waals surface area contributed by atoms with Crippen LogP contribution >= 0.6 is 0 Å². The SMILES string of the molecule is CN(CCCNC(=O)/C(=C/c1ccco1)NC(=O)c1ccccc1)c1ccccc1. The van der Waals surface area contributed by atoms with E-state index in [4.69, 9.17) is 4.42 Å². The van der Waals surface area contributed by atoms with Crippen molar-refractivity contribution in [3.8, 4) is 0 Å². The van der Waals surface area contributed by atoms with Gasteiger partial charge in [-0.25, -0.2) is 0 Å². The largest absolute Gasteiger partial charge is 0.465 e. The molecule has 0 spiro atoms. The van der Waals surface area contributed by atoms with E-state index in [1.807, 2.05) is 43.4 Å². The first kappa shape index (κ1) is 20.9. The topological polar surface area (TPSA) is 74.6 Å². The molecular formula is C24H25N3O3. The van der Waals surface area contributed by atoms with Crippen molar-refractivity contribution in [2.75, 3.05) is 25.0 Å². The third-order valence-corrected chi connectivity index (χ3v) is 4.51. The van der Waals surface area contributed by atoms with Crippen molar-refractivity contribution in [2.24, 2.45) is 0 Å². The van der Waals surface area contributed by atoms with Crippen LogP contribution in [0, 0.1) is 0 Å². The second kappa shape index (κ2) is 10.7. The first-order chi connectivity index (χ1) is 14.6. The Morgan fingerprint density at radius 3 is 2.33 bits per heavy atom. The highest BCUT2D eigenvalue weighted by Gasteiger charge is 2.15. The molecule has 1 aromatic heterocycles. The molecule has 0 atom stereocenters. The fourth-order valence-corrected chi connectivity index (χ4v) is 2.88. The molecule has 0 unspecified atom stereocenters. The maximum absolute atomic E-state index is 12.7. The van der Waals surface area contributed by atoms with Gasteiger partial charge in [-0.15, -0.1) is 0 Å². The number of furan rings is 1. The van der Waals surface area contributed by atoms with Crippen LogP contribution in [0.2, 0.25) is 0 Å². The number of nitrogens with one attached hydrogen (secondary N) is 2. The van der Waals surface area contributed by atoms with Crippen molar-refractivity contribution >= 4 is 23.6 Å². The molecule has 1 heterocycles. The summed E-state index contributed by atoms with van der Waals surface area (Å²) in [7, 11) is 2.01. The van der Waals surface area contributed by atoms with Gasteiger partial charge >= 0.3 is 0 Å². The lowest BCUT2D eigenvalue weighted by atomic mass is 10.2. The highest BCUT2D eigenvalue weighted by Crippen LogP contribution is 2.11. The lowest BCUT2D eigenvalue weighted by Crippen LogP contribution is -2.36. The fourth-order valence-electron chi connectivity index (χ4n) is 2.88. The Bertz CT molecular complexity index is 967. The van der Waals surface area contributed by atoms with Gasteiger partial charge in [-0.1, -0.05) is 36.4 Å². The molecule has 2 N–H and O–H groups in total.